The third kappa shape index (κ3) is 6.31. The van der Waals surface area contributed by atoms with Crippen LogP contribution in [0.1, 0.15) is 24.5 Å². The Labute approximate surface area is 129 Å². The molecule has 0 radical (unpaired) electrons. The third-order valence-electron chi connectivity index (χ3n) is 3.43. The van der Waals surface area contributed by atoms with Crippen molar-refractivity contribution in [3.05, 3.63) is 41.2 Å². The number of carboxylic acid groups (broad SMARTS) is 1. The molecule has 0 aliphatic heterocycles. The van der Waals surface area contributed by atoms with Gasteiger partial charge in [0, 0.05) is 18.7 Å². The highest BCUT2D eigenvalue weighted by Gasteiger charge is 2.11. The van der Waals surface area contributed by atoms with E-state index in [1.165, 1.54) is 18.2 Å². The minimum atomic E-state index is -1.04. The van der Waals surface area contributed by atoms with Crippen molar-refractivity contribution in [2.45, 2.75) is 25.9 Å². The number of hydrogen-bond donors (Lipinski definition) is 1. The van der Waals surface area contributed by atoms with Crippen molar-refractivity contribution in [1.82, 2.24) is 4.90 Å². The van der Waals surface area contributed by atoms with Crippen molar-refractivity contribution in [3.63, 3.8) is 0 Å². The van der Waals surface area contributed by atoms with E-state index in [2.05, 4.69) is 18.1 Å². The number of halogens is 1. The fourth-order valence-corrected chi connectivity index (χ4v) is 2.54. The van der Waals surface area contributed by atoms with Gasteiger partial charge >= 0.3 is 5.97 Å². The van der Waals surface area contributed by atoms with Crippen LogP contribution in [-0.2, 0) is 11.3 Å². The molecule has 1 unspecified atom stereocenters. The number of hydrogen-bond acceptors (Lipinski definition) is 3. The fourth-order valence-electron chi connectivity index (χ4n) is 1.96. The predicted molar refractivity (Wildman–Crippen MR) is 87.0 cm³/mol. The molecule has 0 aliphatic carbocycles. The highest BCUT2D eigenvalue weighted by Crippen LogP contribution is 2.17. The standard InChI is InChI=1S/C16H22FNO2S/c1-12(8-9-21-3)18(2)11-14-4-6-15(17)10-13(14)5-7-16(19)20/h4-7,10,12H,8-9,11H2,1-3H3,(H,19,20)/b7-5+. The van der Waals surface area contributed by atoms with E-state index in [1.54, 1.807) is 6.07 Å². The van der Waals surface area contributed by atoms with Gasteiger partial charge in [0.15, 0.2) is 0 Å². The maximum atomic E-state index is 13.3. The average molecular weight is 311 g/mol. The molecule has 1 aromatic rings. The smallest absolute Gasteiger partial charge is 0.328 e. The Kier molecular flexibility index (Phi) is 7.47. The van der Waals surface area contributed by atoms with Crippen LogP contribution in [-0.4, -0.2) is 41.1 Å². The van der Waals surface area contributed by atoms with Crippen molar-refractivity contribution in [3.8, 4) is 0 Å². The number of nitrogens with zero attached hydrogens (tertiary/aromatic N) is 1. The van der Waals surface area contributed by atoms with Crippen molar-refractivity contribution >= 4 is 23.8 Å². The lowest BCUT2D eigenvalue weighted by molar-refractivity contribution is -0.131. The summed E-state index contributed by atoms with van der Waals surface area (Å²) >= 11 is 1.82. The molecule has 1 rings (SSSR count). The minimum Gasteiger partial charge on any atom is -0.478 e. The average Bonchev–Trinajstić information content (AvgIpc) is 2.44. The molecule has 1 atom stereocenters. The maximum absolute atomic E-state index is 13.3. The van der Waals surface area contributed by atoms with E-state index in [0.717, 1.165) is 23.8 Å². The van der Waals surface area contributed by atoms with E-state index in [1.807, 2.05) is 18.8 Å². The molecule has 3 nitrogen and oxygen atoms in total. The topological polar surface area (TPSA) is 40.5 Å². The normalized spacial score (nSPS) is 13.0. The molecule has 0 saturated heterocycles. The number of aliphatic carboxylic acids is 1. The highest BCUT2D eigenvalue weighted by molar-refractivity contribution is 7.98. The highest BCUT2D eigenvalue weighted by atomic mass is 32.2. The summed E-state index contributed by atoms with van der Waals surface area (Å²) in [5.41, 5.74) is 1.54. The van der Waals surface area contributed by atoms with Crippen LogP contribution in [0, 0.1) is 5.82 Å². The Hall–Kier alpha value is -1.33. The zero-order valence-electron chi connectivity index (χ0n) is 12.7. The maximum Gasteiger partial charge on any atom is 0.328 e. The van der Waals surface area contributed by atoms with Gasteiger partial charge in [-0.05, 0) is 61.7 Å². The monoisotopic (exact) mass is 311 g/mol. The molecule has 1 N–H and O–H groups in total. The molecule has 116 valence electrons. The molecule has 0 aromatic heterocycles. The zero-order chi connectivity index (χ0) is 15.8. The summed E-state index contributed by atoms with van der Waals surface area (Å²) in [7, 11) is 2.03. The van der Waals surface area contributed by atoms with Crippen molar-refractivity contribution in [2.75, 3.05) is 19.1 Å². The molecule has 1 aromatic carbocycles. The van der Waals surface area contributed by atoms with Crippen LogP contribution >= 0.6 is 11.8 Å². The molecule has 0 bridgehead atoms. The van der Waals surface area contributed by atoms with Gasteiger partial charge in [-0.3, -0.25) is 4.90 Å². The van der Waals surface area contributed by atoms with Gasteiger partial charge in [0.2, 0.25) is 0 Å². The summed E-state index contributed by atoms with van der Waals surface area (Å²) in [6, 6.07) is 4.91. The molecular weight excluding hydrogens is 289 g/mol. The van der Waals surface area contributed by atoms with E-state index < -0.39 is 5.97 Å². The Bertz CT molecular complexity index is 505. The van der Waals surface area contributed by atoms with Gasteiger partial charge in [-0.25, -0.2) is 9.18 Å². The van der Waals surface area contributed by atoms with Gasteiger partial charge < -0.3 is 5.11 Å². The Morgan fingerprint density at radius 2 is 2.24 bits per heavy atom. The Morgan fingerprint density at radius 1 is 1.52 bits per heavy atom. The summed E-state index contributed by atoms with van der Waals surface area (Å²) < 4.78 is 13.3. The first-order chi connectivity index (χ1) is 9.93. The van der Waals surface area contributed by atoms with Crippen LogP contribution in [0.2, 0.25) is 0 Å². The molecule has 0 aliphatic rings. The van der Waals surface area contributed by atoms with Crippen LogP contribution in [0.3, 0.4) is 0 Å². The first-order valence-electron chi connectivity index (χ1n) is 6.82. The van der Waals surface area contributed by atoms with E-state index in [0.29, 0.717) is 18.2 Å². The lowest BCUT2D eigenvalue weighted by atomic mass is 10.1. The first-order valence-corrected chi connectivity index (χ1v) is 8.22. The van der Waals surface area contributed by atoms with E-state index in [4.69, 9.17) is 5.11 Å². The fraction of sp³-hybridized carbons (Fsp3) is 0.438. The largest absolute Gasteiger partial charge is 0.478 e. The second kappa shape index (κ2) is 8.85. The van der Waals surface area contributed by atoms with E-state index in [-0.39, 0.29) is 5.82 Å². The summed E-state index contributed by atoms with van der Waals surface area (Å²) in [4.78, 5) is 12.8. The summed E-state index contributed by atoms with van der Waals surface area (Å²) in [5.74, 6) is -0.297. The number of benzene rings is 1. The lowest BCUT2D eigenvalue weighted by Crippen LogP contribution is -2.29. The summed E-state index contributed by atoms with van der Waals surface area (Å²) in [6.45, 7) is 2.82. The van der Waals surface area contributed by atoms with Gasteiger partial charge in [0.25, 0.3) is 0 Å². The van der Waals surface area contributed by atoms with Gasteiger partial charge in [0.1, 0.15) is 5.82 Å². The predicted octanol–water partition coefficient (Wildman–Crippen LogP) is 3.50. The molecule has 0 heterocycles. The molecular formula is C16H22FNO2S. The van der Waals surface area contributed by atoms with Crippen molar-refractivity contribution in [2.24, 2.45) is 0 Å². The third-order valence-corrected chi connectivity index (χ3v) is 4.07. The number of carbonyl (C=O) groups is 1. The Balaban J connectivity index is 2.84. The van der Waals surface area contributed by atoms with Crippen LogP contribution in [0.25, 0.3) is 6.08 Å². The molecule has 0 saturated carbocycles. The molecule has 5 heteroatoms. The van der Waals surface area contributed by atoms with Gasteiger partial charge in [-0.1, -0.05) is 6.07 Å². The van der Waals surface area contributed by atoms with Crippen LogP contribution in [0.4, 0.5) is 4.39 Å². The van der Waals surface area contributed by atoms with Crippen molar-refractivity contribution in [1.29, 1.82) is 0 Å². The van der Waals surface area contributed by atoms with Gasteiger partial charge in [-0.15, -0.1) is 0 Å². The second-order valence-corrected chi connectivity index (χ2v) is 6.05. The summed E-state index contributed by atoms with van der Waals surface area (Å²) in [5, 5.41) is 8.71. The zero-order valence-corrected chi connectivity index (χ0v) is 13.5. The molecule has 0 amide bonds. The van der Waals surface area contributed by atoms with Crippen LogP contribution in [0.15, 0.2) is 24.3 Å². The number of thioether (sulfide) groups is 1. The Morgan fingerprint density at radius 3 is 2.86 bits per heavy atom. The van der Waals surface area contributed by atoms with Gasteiger partial charge in [-0.2, -0.15) is 11.8 Å². The molecule has 0 fully saturated rings. The van der Waals surface area contributed by atoms with Crippen LogP contribution < -0.4 is 0 Å². The second-order valence-electron chi connectivity index (χ2n) is 5.06. The quantitative estimate of drug-likeness (QED) is 0.746. The molecule has 0 spiro atoms. The minimum absolute atomic E-state index is 0.359. The summed E-state index contributed by atoms with van der Waals surface area (Å²) in [6.07, 6.45) is 5.65. The first kappa shape index (κ1) is 17.7. The van der Waals surface area contributed by atoms with Crippen molar-refractivity contribution < 1.29 is 14.3 Å². The van der Waals surface area contributed by atoms with Gasteiger partial charge in [0.05, 0.1) is 0 Å². The van der Waals surface area contributed by atoms with E-state index >= 15 is 0 Å². The van der Waals surface area contributed by atoms with Crippen LogP contribution in [0.5, 0.6) is 0 Å². The number of carboxylic acids is 1. The van der Waals surface area contributed by atoms with E-state index in [9.17, 15) is 9.18 Å². The number of rotatable bonds is 8. The SMILES string of the molecule is CSCCC(C)N(C)Cc1ccc(F)cc1/C=C/C(=O)O. The lowest BCUT2D eigenvalue weighted by Gasteiger charge is -2.25. The molecule has 21 heavy (non-hydrogen) atoms.